The molecule has 6 nitrogen and oxygen atoms in total. The molecule has 0 fully saturated rings. The number of carbonyl (C=O) groups is 1. The highest BCUT2D eigenvalue weighted by Crippen LogP contribution is 2.37. The highest BCUT2D eigenvalue weighted by molar-refractivity contribution is 9.10. The Morgan fingerprint density at radius 2 is 2.00 bits per heavy atom. The Labute approximate surface area is 165 Å². The van der Waals surface area contributed by atoms with Crippen LogP contribution in [0.5, 0.6) is 5.75 Å². The van der Waals surface area contributed by atoms with E-state index in [0.29, 0.717) is 15.8 Å². The van der Waals surface area contributed by atoms with Crippen molar-refractivity contribution in [1.29, 1.82) is 0 Å². The largest absolute Gasteiger partial charge is 0.497 e. The summed E-state index contributed by atoms with van der Waals surface area (Å²) < 4.78 is 5.86. The minimum absolute atomic E-state index is 0.212. The zero-order valence-electron chi connectivity index (χ0n) is 14.5. The molecule has 1 amide bonds. The molecule has 1 aliphatic rings. The molecule has 4 rings (SSSR count). The number of nitrogens with one attached hydrogen (secondary N) is 2. The van der Waals surface area contributed by atoms with Gasteiger partial charge in [0.1, 0.15) is 5.75 Å². The maximum atomic E-state index is 12.9. The summed E-state index contributed by atoms with van der Waals surface area (Å²) in [5.41, 5.74) is 2.38. The van der Waals surface area contributed by atoms with Crippen LogP contribution < -0.4 is 20.3 Å². The molecule has 0 saturated carbocycles. The van der Waals surface area contributed by atoms with Gasteiger partial charge in [-0.05, 0) is 58.4 Å². The molecule has 1 atom stereocenters. The number of ether oxygens (including phenoxy) is 1. The standard InChI is InChI=1S/C20H17BrN4O2/c1-27-14-9-10-15(16(21)12-14)19(26)24-20-23-18-17(8-5-11-22-18)25(20)13-6-3-2-4-7-13/h2-12,20H,1H3,(H,22,23)(H,24,26). The molecule has 27 heavy (non-hydrogen) atoms. The molecule has 1 unspecified atom stereocenters. The van der Waals surface area contributed by atoms with E-state index in [9.17, 15) is 4.79 Å². The fourth-order valence-electron chi connectivity index (χ4n) is 3.02. The van der Waals surface area contributed by atoms with Gasteiger partial charge in [0.15, 0.2) is 12.1 Å². The molecule has 1 aliphatic heterocycles. The van der Waals surface area contributed by atoms with E-state index in [1.165, 1.54) is 0 Å². The van der Waals surface area contributed by atoms with Crippen molar-refractivity contribution < 1.29 is 9.53 Å². The molecular weight excluding hydrogens is 408 g/mol. The number of anilines is 3. The number of hydrogen-bond acceptors (Lipinski definition) is 5. The predicted molar refractivity (Wildman–Crippen MR) is 108 cm³/mol. The third-order valence-corrected chi connectivity index (χ3v) is 4.96. The topological polar surface area (TPSA) is 66.5 Å². The number of methoxy groups -OCH3 is 1. The molecular formula is C20H17BrN4O2. The summed E-state index contributed by atoms with van der Waals surface area (Å²) in [6.07, 6.45) is 1.26. The maximum Gasteiger partial charge on any atom is 0.255 e. The molecule has 0 aliphatic carbocycles. The Morgan fingerprint density at radius 1 is 1.19 bits per heavy atom. The number of rotatable bonds is 4. The van der Waals surface area contributed by atoms with Gasteiger partial charge in [-0.1, -0.05) is 18.2 Å². The van der Waals surface area contributed by atoms with Crippen molar-refractivity contribution in [3.63, 3.8) is 0 Å². The van der Waals surface area contributed by atoms with E-state index in [4.69, 9.17) is 4.74 Å². The van der Waals surface area contributed by atoms with Crippen molar-refractivity contribution in [3.8, 4) is 5.75 Å². The molecule has 1 aromatic heterocycles. The van der Waals surface area contributed by atoms with Gasteiger partial charge in [0.25, 0.3) is 5.91 Å². The van der Waals surface area contributed by atoms with Crippen LogP contribution in [0, 0.1) is 0 Å². The van der Waals surface area contributed by atoms with Gasteiger partial charge in [0, 0.05) is 16.4 Å². The lowest BCUT2D eigenvalue weighted by atomic mass is 10.2. The van der Waals surface area contributed by atoms with E-state index in [1.54, 1.807) is 31.5 Å². The number of nitrogens with zero attached hydrogens (tertiary/aromatic N) is 2. The first-order valence-corrected chi connectivity index (χ1v) is 9.17. The number of aromatic nitrogens is 1. The number of carbonyl (C=O) groups excluding carboxylic acids is 1. The zero-order valence-corrected chi connectivity index (χ0v) is 16.1. The van der Waals surface area contributed by atoms with Gasteiger partial charge in [-0.3, -0.25) is 9.69 Å². The average molecular weight is 425 g/mol. The van der Waals surface area contributed by atoms with E-state index in [0.717, 1.165) is 17.2 Å². The molecule has 0 bridgehead atoms. The first-order chi connectivity index (χ1) is 13.2. The first kappa shape index (κ1) is 17.4. The van der Waals surface area contributed by atoms with Gasteiger partial charge in [-0.15, -0.1) is 0 Å². The summed E-state index contributed by atoms with van der Waals surface area (Å²) in [5.74, 6) is 1.19. The number of amides is 1. The van der Waals surface area contributed by atoms with Gasteiger partial charge in [0.05, 0.1) is 18.4 Å². The first-order valence-electron chi connectivity index (χ1n) is 8.37. The Hall–Kier alpha value is -3.06. The predicted octanol–water partition coefficient (Wildman–Crippen LogP) is 4.13. The summed E-state index contributed by atoms with van der Waals surface area (Å²) in [5, 5.41) is 6.30. The van der Waals surface area contributed by atoms with Crippen molar-refractivity contribution in [2.75, 3.05) is 17.3 Å². The van der Waals surface area contributed by atoms with Gasteiger partial charge in [0.2, 0.25) is 0 Å². The maximum absolute atomic E-state index is 12.9. The number of benzene rings is 2. The van der Waals surface area contributed by atoms with Crippen LogP contribution in [0.25, 0.3) is 0 Å². The van der Waals surface area contributed by atoms with E-state index in [1.807, 2.05) is 47.4 Å². The van der Waals surface area contributed by atoms with Crippen LogP contribution in [0.2, 0.25) is 0 Å². The Morgan fingerprint density at radius 3 is 2.74 bits per heavy atom. The summed E-state index contributed by atoms with van der Waals surface area (Å²) in [7, 11) is 1.59. The minimum atomic E-state index is -0.459. The van der Waals surface area contributed by atoms with Crippen LogP contribution in [0.15, 0.2) is 71.3 Å². The summed E-state index contributed by atoms with van der Waals surface area (Å²) in [6, 6.07) is 19.0. The molecule has 0 radical (unpaired) electrons. The van der Waals surface area contributed by atoms with Crippen LogP contribution >= 0.6 is 15.9 Å². The van der Waals surface area contributed by atoms with Crippen LogP contribution in [-0.2, 0) is 0 Å². The van der Waals surface area contributed by atoms with Gasteiger partial charge < -0.3 is 15.4 Å². The van der Waals surface area contributed by atoms with Crippen LogP contribution in [0.3, 0.4) is 0 Å². The third-order valence-electron chi connectivity index (χ3n) is 4.30. The summed E-state index contributed by atoms with van der Waals surface area (Å²) in [4.78, 5) is 19.3. The number of fused-ring (bicyclic) bond motifs is 1. The lowest BCUT2D eigenvalue weighted by molar-refractivity contribution is 0.0942. The molecule has 136 valence electrons. The molecule has 2 N–H and O–H groups in total. The quantitative estimate of drug-likeness (QED) is 0.658. The van der Waals surface area contributed by atoms with E-state index in [2.05, 4.69) is 31.5 Å². The summed E-state index contributed by atoms with van der Waals surface area (Å²) in [6.45, 7) is 0. The third kappa shape index (κ3) is 3.33. The van der Waals surface area contributed by atoms with Crippen molar-refractivity contribution in [2.24, 2.45) is 0 Å². The normalized spacial score (nSPS) is 15.0. The molecule has 2 aromatic carbocycles. The minimum Gasteiger partial charge on any atom is -0.497 e. The molecule has 2 heterocycles. The molecule has 0 spiro atoms. The number of pyridine rings is 1. The molecule has 7 heteroatoms. The Bertz CT molecular complexity index is 981. The van der Waals surface area contributed by atoms with E-state index < -0.39 is 6.29 Å². The van der Waals surface area contributed by atoms with Crippen molar-refractivity contribution >= 4 is 39.0 Å². The number of hydrogen-bond donors (Lipinski definition) is 2. The second-order valence-corrected chi connectivity index (χ2v) is 6.80. The fourth-order valence-corrected chi connectivity index (χ4v) is 3.56. The van der Waals surface area contributed by atoms with Crippen LogP contribution in [-0.4, -0.2) is 24.3 Å². The van der Waals surface area contributed by atoms with Crippen LogP contribution in [0.4, 0.5) is 17.2 Å². The second-order valence-electron chi connectivity index (χ2n) is 5.94. The van der Waals surface area contributed by atoms with Crippen LogP contribution in [0.1, 0.15) is 10.4 Å². The number of halogens is 1. The van der Waals surface area contributed by atoms with E-state index in [-0.39, 0.29) is 5.91 Å². The van der Waals surface area contributed by atoms with Gasteiger partial charge in [-0.2, -0.15) is 0 Å². The van der Waals surface area contributed by atoms with Crippen molar-refractivity contribution in [3.05, 3.63) is 76.9 Å². The summed E-state index contributed by atoms with van der Waals surface area (Å²) >= 11 is 3.44. The molecule has 0 saturated heterocycles. The average Bonchev–Trinajstić information content (AvgIpc) is 3.06. The monoisotopic (exact) mass is 424 g/mol. The Balaban J connectivity index is 1.64. The van der Waals surface area contributed by atoms with Crippen molar-refractivity contribution in [1.82, 2.24) is 10.3 Å². The highest BCUT2D eigenvalue weighted by atomic mass is 79.9. The SMILES string of the molecule is COc1ccc(C(=O)NC2Nc3ncccc3N2c2ccccc2)c(Br)c1. The van der Waals surface area contributed by atoms with E-state index >= 15 is 0 Å². The smallest absolute Gasteiger partial charge is 0.255 e. The van der Waals surface area contributed by atoms with Crippen molar-refractivity contribution in [2.45, 2.75) is 6.29 Å². The lowest BCUT2D eigenvalue weighted by Gasteiger charge is -2.27. The second kappa shape index (κ2) is 7.28. The lowest BCUT2D eigenvalue weighted by Crippen LogP contribution is -2.47. The zero-order chi connectivity index (χ0) is 18.8. The molecule has 3 aromatic rings. The van der Waals surface area contributed by atoms with Gasteiger partial charge in [-0.25, -0.2) is 4.98 Å². The fraction of sp³-hybridized carbons (Fsp3) is 0.100. The highest BCUT2D eigenvalue weighted by Gasteiger charge is 2.32. The number of para-hydroxylation sites is 1. The van der Waals surface area contributed by atoms with Gasteiger partial charge >= 0.3 is 0 Å². The Kier molecular flexibility index (Phi) is 4.68.